The molecular formula is C19H21Cl2FN2O2. The van der Waals surface area contributed by atoms with E-state index in [4.69, 9.17) is 22.1 Å². The van der Waals surface area contributed by atoms with Gasteiger partial charge < -0.3 is 15.8 Å². The lowest BCUT2D eigenvalue weighted by Gasteiger charge is -2.31. The van der Waals surface area contributed by atoms with E-state index in [0.717, 1.165) is 11.1 Å². The molecule has 7 heteroatoms. The van der Waals surface area contributed by atoms with E-state index in [1.165, 1.54) is 6.07 Å². The number of benzene rings is 2. The van der Waals surface area contributed by atoms with Gasteiger partial charge in [-0.15, -0.1) is 12.4 Å². The first-order valence-electron chi connectivity index (χ1n) is 8.17. The molecule has 4 nitrogen and oxygen atoms in total. The van der Waals surface area contributed by atoms with Crippen LogP contribution in [0.15, 0.2) is 42.5 Å². The van der Waals surface area contributed by atoms with E-state index >= 15 is 0 Å². The first kappa shape index (κ1) is 20.6. The maximum absolute atomic E-state index is 14.4. The second kappa shape index (κ2) is 8.82. The molecule has 26 heavy (non-hydrogen) atoms. The van der Waals surface area contributed by atoms with Crippen LogP contribution in [0.5, 0.6) is 0 Å². The number of hydrogen-bond acceptors (Lipinski definition) is 3. The highest BCUT2D eigenvalue weighted by Gasteiger charge is 2.35. The summed E-state index contributed by atoms with van der Waals surface area (Å²) in [4.78, 5) is 12.3. The molecule has 0 saturated carbocycles. The third-order valence-electron chi connectivity index (χ3n) is 4.51. The lowest BCUT2D eigenvalue weighted by atomic mass is 9.90. The Morgan fingerprint density at radius 3 is 2.38 bits per heavy atom. The van der Waals surface area contributed by atoms with Gasteiger partial charge in [-0.2, -0.15) is 0 Å². The van der Waals surface area contributed by atoms with Crippen molar-refractivity contribution in [1.82, 2.24) is 5.32 Å². The second-order valence-electron chi connectivity index (χ2n) is 6.26. The molecule has 0 spiro atoms. The third-order valence-corrected chi connectivity index (χ3v) is 4.76. The van der Waals surface area contributed by atoms with Crippen molar-refractivity contribution in [2.75, 3.05) is 13.2 Å². The Morgan fingerprint density at radius 1 is 1.15 bits per heavy atom. The summed E-state index contributed by atoms with van der Waals surface area (Å²) in [5.74, 6) is -0.636. The molecule has 1 aliphatic heterocycles. The minimum Gasteiger partial charge on any atom is -0.381 e. The average molecular weight is 399 g/mol. The van der Waals surface area contributed by atoms with Crippen LogP contribution in [-0.2, 0) is 16.1 Å². The van der Waals surface area contributed by atoms with Crippen molar-refractivity contribution in [3.63, 3.8) is 0 Å². The molecule has 3 N–H and O–H groups in total. The van der Waals surface area contributed by atoms with Crippen LogP contribution >= 0.6 is 24.0 Å². The number of carbonyl (C=O) groups excluding carboxylic acids is 1. The Hall–Kier alpha value is -1.66. The Labute approximate surface area is 163 Å². The summed E-state index contributed by atoms with van der Waals surface area (Å²) >= 11 is 5.87. The van der Waals surface area contributed by atoms with Gasteiger partial charge in [-0.1, -0.05) is 35.9 Å². The smallest absolute Gasteiger partial charge is 0.240 e. The molecule has 0 aromatic heterocycles. The maximum Gasteiger partial charge on any atom is 0.240 e. The van der Waals surface area contributed by atoms with Crippen molar-refractivity contribution in [2.24, 2.45) is 5.73 Å². The lowest BCUT2D eigenvalue weighted by molar-refractivity contribution is -0.129. The summed E-state index contributed by atoms with van der Waals surface area (Å²) < 4.78 is 19.6. The molecule has 0 bridgehead atoms. The summed E-state index contributed by atoms with van der Waals surface area (Å²) in [6.45, 7) is 1.04. The topological polar surface area (TPSA) is 64.4 Å². The van der Waals surface area contributed by atoms with Gasteiger partial charge in [-0.05, 0) is 42.2 Å². The Morgan fingerprint density at radius 2 is 1.77 bits per heavy atom. The number of amides is 1. The SMILES string of the molecule is Cl.NC1(C(=O)NCc2ccc(-c3ccc(Cl)cc3)cc2F)CCOCC1. The highest BCUT2D eigenvalue weighted by atomic mass is 35.5. The molecule has 140 valence electrons. The van der Waals surface area contributed by atoms with Gasteiger partial charge in [0.1, 0.15) is 5.82 Å². The van der Waals surface area contributed by atoms with Gasteiger partial charge in [-0.25, -0.2) is 4.39 Å². The van der Waals surface area contributed by atoms with E-state index in [1.54, 1.807) is 18.2 Å². The molecule has 1 saturated heterocycles. The van der Waals surface area contributed by atoms with Crippen LogP contribution in [0.3, 0.4) is 0 Å². The summed E-state index contributed by atoms with van der Waals surface area (Å²) in [6.07, 6.45) is 0.938. The van der Waals surface area contributed by atoms with Gasteiger partial charge in [0.15, 0.2) is 0 Å². The zero-order chi connectivity index (χ0) is 17.9. The number of halogens is 3. The highest BCUT2D eigenvalue weighted by molar-refractivity contribution is 6.30. The summed E-state index contributed by atoms with van der Waals surface area (Å²) in [5, 5.41) is 3.37. The van der Waals surface area contributed by atoms with Crippen LogP contribution in [0, 0.1) is 5.82 Å². The largest absolute Gasteiger partial charge is 0.381 e. The molecule has 1 amide bonds. The third kappa shape index (κ3) is 4.74. The monoisotopic (exact) mass is 398 g/mol. The minimum atomic E-state index is -0.933. The van der Waals surface area contributed by atoms with Crippen LogP contribution in [-0.4, -0.2) is 24.7 Å². The molecule has 0 radical (unpaired) electrons. The molecule has 1 heterocycles. The lowest BCUT2D eigenvalue weighted by Crippen LogP contribution is -2.56. The summed E-state index contributed by atoms with van der Waals surface area (Å²) in [5.41, 5.74) is 7.24. The Kier molecular flexibility index (Phi) is 7.01. The number of carbonyl (C=O) groups is 1. The molecule has 0 unspecified atom stereocenters. The number of hydrogen-bond donors (Lipinski definition) is 2. The van der Waals surface area contributed by atoms with Crippen molar-refractivity contribution in [2.45, 2.75) is 24.9 Å². The van der Waals surface area contributed by atoms with Crippen LogP contribution < -0.4 is 11.1 Å². The molecule has 0 aliphatic carbocycles. The predicted octanol–water partition coefficient (Wildman–Crippen LogP) is 3.69. The minimum absolute atomic E-state index is 0. The van der Waals surface area contributed by atoms with Gasteiger partial charge in [0.2, 0.25) is 5.91 Å². The van der Waals surface area contributed by atoms with E-state index in [1.807, 2.05) is 18.2 Å². The maximum atomic E-state index is 14.4. The molecular weight excluding hydrogens is 378 g/mol. The van der Waals surface area contributed by atoms with Crippen LogP contribution in [0.2, 0.25) is 5.02 Å². The standard InChI is InChI=1S/C19H20ClFN2O2.ClH/c20-16-5-3-13(4-6-16)14-1-2-15(17(21)11-14)12-23-18(24)19(22)7-9-25-10-8-19;/h1-6,11H,7-10,12,22H2,(H,23,24);1H. The average Bonchev–Trinajstić information content (AvgIpc) is 2.61. The number of ether oxygens (including phenoxy) is 1. The second-order valence-corrected chi connectivity index (χ2v) is 6.70. The van der Waals surface area contributed by atoms with Gasteiger partial charge >= 0.3 is 0 Å². The van der Waals surface area contributed by atoms with Crippen molar-refractivity contribution >= 4 is 29.9 Å². The first-order valence-corrected chi connectivity index (χ1v) is 8.55. The first-order chi connectivity index (χ1) is 12.0. The van der Waals surface area contributed by atoms with Gasteiger partial charge in [0.25, 0.3) is 0 Å². The van der Waals surface area contributed by atoms with Gasteiger partial charge in [0.05, 0.1) is 5.54 Å². The summed E-state index contributed by atoms with van der Waals surface area (Å²) in [7, 11) is 0. The number of rotatable bonds is 4. The van der Waals surface area contributed by atoms with Crippen LogP contribution in [0.1, 0.15) is 18.4 Å². The fourth-order valence-corrected chi connectivity index (χ4v) is 2.95. The van der Waals surface area contributed by atoms with Crippen molar-refractivity contribution in [3.8, 4) is 11.1 Å². The molecule has 3 rings (SSSR count). The van der Waals surface area contributed by atoms with Crippen LogP contribution in [0.4, 0.5) is 4.39 Å². The fraction of sp³-hybridized carbons (Fsp3) is 0.316. The molecule has 1 fully saturated rings. The predicted molar refractivity (Wildman–Crippen MR) is 103 cm³/mol. The Balaban J connectivity index is 0.00000243. The van der Waals surface area contributed by atoms with E-state index < -0.39 is 5.54 Å². The van der Waals surface area contributed by atoms with Crippen LogP contribution in [0.25, 0.3) is 11.1 Å². The van der Waals surface area contributed by atoms with Gasteiger partial charge in [0, 0.05) is 30.3 Å². The Bertz CT molecular complexity index is 763. The zero-order valence-electron chi connectivity index (χ0n) is 14.1. The normalized spacial score (nSPS) is 15.8. The molecule has 2 aromatic rings. The molecule has 0 atom stereocenters. The van der Waals surface area contributed by atoms with Crippen molar-refractivity contribution in [1.29, 1.82) is 0 Å². The summed E-state index contributed by atoms with van der Waals surface area (Å²) in [6, 6.07) is 12.1. The van der Waals surface area contributed by atoms with E-state index in [-0.39, 0.29) is 30.7 Å². The molecule has 2 aromatic carbocycles. The van der Waals surface area contributed by atoms with E-state index in [9.17, 15) is 9.18 Å². The van der Waals surface area contributed by atoms with E-state index in [2.05, 4.69) is 5.32 Å². The number of nitrogens with two attached hydrogens (primary N) is 1. The van der Waals surface area contributed by atoms with Crippen molar-refractivity contribution in [3.05, 3.63) is 58.9 Å². The quantitative estimate of drug-likeness (QED) is 0.824. The highest BCUT2D eigenvalue weighted by Crippen LogP contribution is 2.24. The van der Waals surface area contributed by atoms with E-state index in [0.29, 0.717) is 36.6 Å². The fourth-order valence-electron chi connectivity index (χ4n) is 2.83. The van der Waals surface area contributed by atoms with Crippen molar-refractivity contribution < 1.29 is 13.9 Å². The van der Waals surface area contributed by atoms with Gasteiger partial charge in [-0.3, -0.25) is 4.79 Å². The zero-order valence-corrected chi connectivity index (χ0v) is 15.7. The number of nitrogens with one attached hydrogen (secondary N) is 1. The molecule has 1 aliphatic rings.